The minimum atomic E-state index is -1.32. The van der Waals surface area contributed by atoms with E-state index in [4.69, 9.17) is 4.74 Å². The molecule has 2 aromatic carbocycles. The maximum Gasteiger partial charge on any atom is 0.129 e. The van der Waals surface area contributed by atoms with Crippen molar-refractivity contribution in [3.8, 4) is 11.3 Å². The molecule has 0 N–H and O–H groups in total. The number of halogens is 1. The van der Waals surface area contributed by atoms with Gasteiger partial charge in [0.25, 0.3) is 0 Å². The van der Waals surface area contributed by atoms with Gasteiger partial charge >= 0.3 is 0 Å². The van der Waals surface area contributed by atoms with E-state index in [1.54, 1.807) is 6.20 Å². The summed E-state index contributed by atoms with van der Waals surface area (Å²) in [6.07, 6.45) is 8.20. The molecule has 2 atom stereocenters. The van der Waals surface area contributed by atoms with Crippen LogP contribution in [0.4, 0.5) is 10.2 Å². The van der Waals surface area contributed by atoms with Crippen molar-refractivity contribution in [3.63, 3.8) is 0 Å². The number of benzene rings is 2. The van der Waals surface area contributed by atoms with Gasteiger partial charge in [-0.25, -0.2) is 22.9 Å². The first-order valence-electron chi connectivity index (χ1n) is 13.5. The molecule has 7 nitrogen and oxygen atoms in total. The van der Waals surface area contributed by atoms with Gasteiger partial charge in [-0.3, -0.25) is 0 Å². The molecule has 6 rings (SSSR count). The van der Waals surface area contributed by atoms with E-state index < -0.39 is 11.0 Å². The van der Waals surface area contributed by atoms with Crippen molar-refractivity contribution in [1.29, 1.82) is 0 Å². The van der Waals surface area contributed by atoms with E-state index in [0.717, 1.165) is 78.5 Å². The van der Waals surface area contributed by atoms with Crippen LogP contribution in [0.2, 0.25) is 0 Å². The van der Waals surface area contributed by atoms with Crippen molar-refractivity contribution in [2.45, 2.75) is 36.7 Å². The highest BCUT2D eigenvalue weighted by Gasteiger charge is 2.33. The number of pyridine rings is 1. The highest BCUT2D eigenvalue weighted by atomic mass is 32.2. The van der Waals surface area contributed by atoms with Crippen LogP contribution >= 0.6 is 0 Å². The number of hydrogen-bond acceptors (Lipinski definition) is 5. The molecule has 4 aromatic rings. The Morgan fingerprint density at radius 2 is 1.79 bits per heavy atom. The van der Waals surface area contributed by atoms with Crippen LogP contribution in [-0.2, 0) is 28.7 Å². The summed E-state index contributed by atoms with van der Waals surface area (Å²) in [5.41, 5.74) is 4.37. The van der Waals surface area contributed by atoms with E-state index in [2.05, 4.69) is 41.9 Å². The predicted octanol–water partition coefficient (Wildman–Crippen LogP) is 5.02. The highest BCUT2D eigenvalue weighted by molar-refractivity contribution is 7.82. The second-order valence-electron chi connectivity index (χ2n) is 9.94. The number of rotatable bonds is 8. The molecule has 2 fully saturated rings. The minimum absolute atomic E-state index is 0.0291. The lowest BCUT2D eigenvalue weighted by Crippen LogP contribution is -2.36. The van der Waals surface area contributed by atoms with E-state index in [9.17, 15) is 8.60 Å². The van der Waals surface area contributed by atoms with E-state index in [0.29, 0.717) is 13.2 Å². The average Bonchev–Trinajstić information content (AvgIpc) is 3.67. The summed E-state index contributed by atoms with van der Waals surface area (Å²) in [4.78, 5) is 12.0. The van der Waals surface area contributed by atoms with Crippen LogP contribution in [0.3, 0.4) is 0 Å². The Bertz CT molecular complexity index is 1420. The zero-order valence-electron chi connectivity index (χ0n) is 21.8. The summed E-state index contributed by atoms with van der Waals surface area (Å²) in [6, 6.07) is 19.0. The van der Waals surface area contributed by atoms with Crippen LogP contribution in [0, 0.1) is 5.82 Å². The molecule has 2 aliphatic heterocycles. The topological polar surface area (TPSA) is 63.5 Å². The van der Waals surface area contributed by atoms with Crippen molar-refractivity contribution >= 4 is 16.8 Å². The lowest BCUT2D eigenvalue weighted by Gasteiger charge is -2.28. The fraction of sp³-hybridized carbons (Fsp3) is 0.333. The molecule has 0 spiro atoms. The zero-order chi connectivity index (χ0) is 26.6. The van der Waals surface area contributed by atoms with Crippen LogP contribution in [0.1, 0.15) is 30.0 Å². The number of ether oxygens (including phenoxy) is 1. The average molecular weight is 546 g/mol. The second kappa shape index (κ2) is 11.8. The van der Waals surface area contributed by atoms with Gasteiger partial charge in [0.05, 0.1) is 36.3 Å². The molecule has 39 heavy (non-hydrogen) atoms. The maximum absolute atomic E-state index is 13.8. The number of anilines is 1. The van der Waals surface area contributed by atoms with Crippen molar-refractivity contribution in [3.05, 3.63) is 96.3 Å². The number of nitrogens with zero attached hydrogens (tertiary/aromatic N) is 5. The molecule has 2 aromatic heterocycles. The van der Waals surface area contributed by atoms with Gasteiger partial charge in [0, 0.05) is 44.0 Å². The number of aryl methyl sites for hydroxylation is 2. The van der Waals surface area contributed by atoms with Crippen molar-refractivity contribution < 1.29 is 13.3 Å². The molecule has 0 saturated carbocycles. The third kappa shape index (κ3) is 5.66. The molecule has 4 heterocycles. The maximum atomic E-state index is 13.8. The number of morpholine rings is 1. The predicted molar refractivity (Wildman–Crippen MR) is 150 cm³/mol. The molecule has 202 valence electrons. The second-order valence-corrected chi connectivity index (χ2v) is 11.4. The van der Waals surface area contributed by atoms with Gasteiger partial charge in [-0.2, -0.15) is 0 Å². The molecule has 2 aliphatic rings. The SMILES string of the molecule is O=S(c1ccc(N2CCOCC2)nc1)N1CCCC1c1ccccc1-c1cncn1CCc1ccc(F)cc1. The molecule has 0 bridgehead atoms. The lowest BCUT2D eigenvalue weighted by molar-refractivity contribution is 0.122. The van der Waals surface area contributed by atoms with Gasteiger partial charge in [-0.15, -0.1) is 0 Å². The van der Waals surface area contributed by atoms with E-state index in [1.807, 2.05) is 42.9 Å². The standard InChI is InChI=1S/C30H32FN5O2S/c31-24-9-7-23(8-10-24)13-15-35-22-32-21-29(35)27-5-2-1-4-26(27)28-6-3-14-36(28)39(37)25-11-12-30(33-20-25)34-16-18-38-19-17-34/h1-2,4-5,7-12,20-22,28H,3,6,13-19H2. The first kappa shape index (κ1) is 25.9. The Morgan fingerprint density at radius 3 is 2.59 bits per heavy atom. The third-order valence-electron chi connectivity index (χ3n) is 7.54. The van der Waals surface area contributed by atoms with Gasteiger partial charge in [0.2, 0.25) is 0 Å². The first-order valence-corrected chi connectivity index (χ1v) is 14.6. The summed E-state index contributed by atoms with van der Waals surface area (Å²) >= 11 is 0. The molecule has 0 aliphatic carbocycles. The molecule has 2 saturated heterocycles. The van der Waals surface area contributed by atoms with Crippen molar-refractivity contribution in [2.75, 3.05) is 37.7 Å². The van der Waals surface area contributed by atoms with E-state index in [-0.39, 0.29) is 11.9 Å². The Labute approximate surface area is 230 Å². The van der Waals surface area contributed by atoms with Crippen molar-refractivity contribution in [1.82, 2.24) is 18.8 Å². The number of hydrogen-bond donors (Lipinski definition) is 0. The van der Waals surface area contributed by atoms with Crippen LogP contribution in [0.25, 0.3) is 11.3 Å². The molecule has 0 amide bonds. The summed E-state index contributed by atoms with van der Waals surface area (Å²) in [5.74, 6) is 0.676. The van der Waals surface area contributed by atoms with Crippen LogP contribution < -0.4 is 4.90 Å². The lowest BCUT2D eigenvalue weighted by atomic mass is 9.97. The van der Waals surface area contributed by atoms with Crippen molar-refractivity contribution in [2.24, 2.45) is 0 Å². The van der Waals surface area contributed by atoms with Gasteiger partial charge < -0.3 is 14.2 Å². The molecule has 9 heteroatoms. The number of aromatic nitrogens is 3. The summed E-state index contributed by atoms with van der Waals surface area (Å²) in [6.45, 7) is 4.55. The summed E-state index contributed by atoms with van der Waals surface area (Å²) in [5, 5.41) is 0. The Kier molecular flexibility index (Phi) is 7.81. The Balaban J connectivity index is 1.22. The third-order valence-corrected chi connectivity index (χ3v) is 9.04. The molecule has 2 unspecified atom stereocenters. The molecular formula is C30H32FN5O2S. The smallest absolute Gasteiger partial charge is 0.129 e. The van der Waals surface area contributed by atoms with Gasteiger partial charge in [-0.05, 0) is 54.7 Å². The Hall–Kier alpha value is -3.40. The Morgan fingerprint density at radius 1 is 0.974 bits per heavy atom. The fourth-order valence-electron chi connectivity index (χ4n) is 5.48. The highest BCUT2D eigenvalue weighted by Crippen LogP contribution is 2.39. The van der Waals surface area contributed by atoms with E-state index >= 15 is 0 Å². The van der Waals surface area contributed by atoms with E-state index in [1.165, 1.54) is 12.1 Å². The largest absolute Gasteiger partial charge is 0.378 e. The molecule has 0 radical (unpaired) electrons. The van der Waals surface area contributed by atoms with Gasteiger partial charge in [-0.1, -0.05) is 36.4 Å². The first-order chi connectivity index (χ1) is 19.2. The van der Waals surface area contributed by atoms with Gasteiger partial charge in [0.1, 0.15) is 22.6 Å². The zero-order valence-corrected chi connectivity index (χ0v) is 22.6. The number of imidazole rings is 1. The quantitative estimate of drug-likeness (QED) is 0.311. The minimum Gasteiger partial charge on any atom is -0.378 e. The monoisotopic (exact) mass is 545 g/mol. The van der Waals surface area contributed by atoms with Crippen LogP contribution in [-0.4, -0.2) is 55.9 Å². The van der Waals surface area contributed by atoms with Crippen LogP contribution in [0.5, 0.6) is 0 Å². The summed E-state index contributed by atoms with van der Waals surface area (Å²) in [7, 11) is -1.32. The normalized spacial score (nSPS) is 18.9. The fourth-order valence-corrected chi connectivity index (χ4v) is 6.83. The van der Waals surface area contributed by atoms with Crippen LogP contribution in [0.15, 0.2) is 84.3 Å². The molecular weight excluding hydrogens is 513 g/mol. The summed E-state index contributed by atoms with van der Waals surface area (Å²) < 4.78 is 36.8. The van der Waals surface area contributed by atoms with Gasteiger partial charge in [0.15, 0.2) is 0 Å².